The number of nitrogens with one attached hydrogen (secondary N) is 3. The Morgan fingerprint density at radius 1 is 1.08 bits per heavy atom. The average Bonchev–Trinajstić information content (AvgIpc) is 3.03. The number of nitrogens with zero attached hydrogens (tertiary/aromatic N) is 1. The average molecular weight is 439 g/mol. The molecule has 26 heavy (non-hydrogen) atoms. The van der Waals surface area contributed by atoms with E-state index in [1.165, 1.54) is 11.3 Å². The third-order valence-corrected chi connectivity index (χ3v) is 5.34. The lowest BCUT2D eigenvalue weighted by atomic mass is 10.2. The van der Waals surface area contributed by atoms with Crippen molar-refractivity contribution in [1.82, 2.24) is 10.2 Å². The number of hydrogen-bond acceptors (Lipinski definition) is 4. The number of urea groups is 1. The summed E-state index contributed by atoms with van der Waals surface area (Å²) >= 11 is 4.85. The van der Waals surface area contributed by atoms with Crippen molar-refractivity contribution in [3.8, 4) is 0 Å². The Kier molecular flexibility index (Phi) is 8.08. The van der Waals surface area contributed by atoms with Gasteiger partial charge in [0.2, 0.25) is 0 Å². The molecule has 0 unspecified atom stereocenters. The minimum absolute atomic E-state index is 0.115. The molecule has 1 aromatic carbocycles. The van der Waals surface area contributed by atoms with Crippen LogP contribution >= 0.6 is 27.3 Å². The lowest BCUT2D eigenvalue weighted by molar-refractivity contribution is 0.0949. The van der Waals surface area contributed by atoms with Crippen molar-refractivity contribution in [2.24, 2.45) is 0 Å². The maximum absolute atomic E-state index is 12.1. The SMILES string of the molecule is CCN(CC)CCNC(=O)c1ccc(NC(=O)Nc2csc(Br)c2)cc1. The first-order valence-corrected chi connectivity index (χ1v) is 10.1. The van der Waals surface area contributed by atoms with Gasteiger partial charge in [-0.3, -0.25) is 4.79 Å². The first-order valence-electron chi connectivity index (χ1n) is 8.44. The van der Waals surface area contributed by atoms with Crippen LogP contribution < -0.4 is 16.0 Å². The molecule has 0 saturated carbocycles. The van der Waals surface area contributed by atoms with Crippen LogP contribution in [-0.2, 0) is 0 Å². The first-order chi connectivity index (χ1) is 12.5. The Bertz CT molecular complexity index is 729. The third-order valence-electron chi connectivity index (χ3n) is 3.84. The summed E-state index contributed by atoms with van der Waals surface area (Å²) in [6, 6.07) is 8.32. The van der Waals surface area contributed by atoms with Gasteiger partial charge < -0.3 is 20.9 Å². The van der Waals surface area contributed by atoms with Crippen LogP contribution in [0, 0.1) is 0 Å². The van der Waals surface area contributed by atoms with Crippen LogP contribution in [-0.4, -0.2) is 43.0 Å². The second-order valence-corrected chi connectivity index (χ2v) is 7.87. The minimum atomic E-state index is -0.327. The fourth-order valence-corrected chi connectivity index (χ4v) is 3.43. The van der Waals surface area contributed by atoms with Gasteiger partial charge in [0.15, 0.2) is 0 Å². The smallest absolute Gasteiger partial charge is 0.323 e. The molecule has 8 heteroatoms. The number of likely N-dealkylation sites (N-methyl/N-ethyl adjacent to an activating group) is 1. The van der Waals surface area contributed by atoms with E-state index in [1.807, 2.05) is 11.4 Å². The monoisotopic (exact) mass is 438 g/mol. The molecule has 1 heterocycles. The zero-order valence-corrected chi connectivity index (χ0v) is 17.2. The molecule has 3 amide bonds. The third kappa shape index (κ3) is 6.44. The molecule has 1 aromatic heterocycles. The highest BCUT2D eigenvalue weighted by molar-refractivity contribution is 9.11. The molecule has 0 bridgehead atoms. The summed E-state index contributed by atoms with van der Waals surface area (Å²) in [5.74, 6) is -0.115. The second-order valence-electron chi connectivity index (χ2n) is 5.58. The van der Waals surface area contributed by atoms with Crippen molar-refractivity contribution in [2.45, 2.75) is 13.8 Å². The van der Waals surface area contributed by atoms with Gasteiger partial charge in [0.05, 0.1) is 9.47 Å². The molecule has 0 radical (unpaired) electrons. The van der Waals surface area contributed by atoms with Crippen molar-refractivity contribution in [3.63, 3.8) is 0 Å². The number of amides is 3. The van der Waals surface area contributed by atoms with Gasteiger partial charge in [-0.2, -0.15) is 0 Å². The van der Waals surface area contributed by atoms with Gasteiger partial charge in [-0.1, -0.05) is 13.8 Å². The van der Waals surface area contributed by atoms with Crippen molar-refractivity contribution < 1.29 is 9.59 Å². The summed E-state index contributed by atoms with van der Waals surface area (Å²) in [6.07, 6.45) is 0. The largest absolute Gasteiger partial charge is 0.351 e. The summed E-state index contributed by atoms with van der Waals surface area (Å²) < 4.78 is 0.948. The molecule has 2 aromatic rings. The van der Waals surface area contributed by atoms with Crippen LogP contribution in [0.2, 0.25) is 0 Å². The fourth-order valence-electron chi connectivity index (χ4n) is 2.34. The van der Waals surface area contributed by atoms with Crippen molar-refractivity contribution in [2.75, 3.05) is 36.8 Å². The molecule has 3 N–H and O–H groups in total. The Balaban J connectivity index is 1.81. The van der Waals surface area contributed by atoms with Crippen molar-refractivity contribution in [1.29, 1.82) is 0 Å². The van der Waals surface area contributed by atoms with E-state index in [2.05, 4.69) is 50.6 Å². The number of halogens is 1. The quantitative estimate of drug-likeness (QED) is 0.577. The van der Waals surface area contributed by atoms with Gasteiger partial charge in [0.25, 0.3) is 5.91 Å². The molecule has 2 rings (SSSR count). The number of carbonyl (C=O) groups is 2. The molecule has 0 atom stereocenters. The maximum Gasteiger partial charge on any atom is 0.323 e. The lowest BCUT2D eigenvalue weighted by Gasteiger charge is -2.18. The van der Waals surface area contributed by atoms with E-state index in [9.17, 15) is 9.59 Å². The molecule has 140 valence electrons. The fraction of sp³-hybridized carbons (Fsp3) is 0.333. The summed E-state index contributed by atoms with van der Waals surface area (Å²) in [4.78, 5) is 26.4. The van der Waals surface area contributed by atoms with E-state index < -0.39 is 0 Å². The van der Waals surface area contributed by atoms with Gasteiger partial charge in [0, 0.05) is 29.7 Å². The van der Waals surface area contributed by atoms with E-state index in [1.54, 1.807) is 24.3 Å². The molecular formula is C18H23BrN4O2S. The standard InChI is InChI=1S/C18H23BrN4O2S/c1-3-23(4-2)10-9-20-17(24)13-5-7-14(8-6-13)21-18(25)22-15-11-16(19)26-12-15/h5-8,11-12H,3-4,9-10H2,1-2H3,(H,20,24)(H2,21,22,25). The summed E-state index contributed by atoms with van der Waals surface area (Å²) in [5, 5.41) is 10.2. The molecule has 0 aliphatic carbocycles. The van der Waals surface area contributed by atoms with Gasteiger partial charge in [0.1, 0.15) is 0 Å². The predicted molar refractivity (Wildman–Crippen MR) is 111 cm³/mol. The molecule has 0 fully saturated rings. The van der Waals surface area contributed by atoms with Crippen LogP contribution in [0.25, 0.3) is 0 Å². The lowest BCUT2D eigenvalue weighted by Crippen LogP contribution is -2.34. The highest BCUT2D eigenvalue weighted by Gasteiger charge is 2.08. The van der Waals surface area contributed by atoms with E-state index >= 15 is 0 Å². The van der Waals surface area contributed by atoms with Crippen LogP contribution in [0.3, 0.4) is 0 Å². The highest BCUT2D eigenvalue weighted by Crippen LogP contribution is 2.24. The summed E-state index contributed by atoms with van der Waals surface area (Å²) in [7, 11) is 0. The van der Waals surface area contributed by atoms with Gasteiger partial charge in [-0.25, -0.2) is 4.79 Å². The number of thiophene rings is 1. The Labute approximate surface area is 166 Å². The number of benzene rings is 1. The van der Waals surface area contributed by atoms with E-state index in [4.69, 9.17) is 0 Å². The maximum atomic E-state index is 12.1. The molecular weight excluding hydrogens is 416 g/mol. The number of carbonyl (C=O) groups excluding carboxylic acids is 2. The minimum Gasteiger partial charge on any atom is -0.351 e. The highest BCUT2D eigenvalue weighted by atomic mass is 79.9. The van der Waals surface area contributed by atoms with Crippen molar-refractivity contribution >= 4 is 50.6 Å². The summed E-state index contributed by atoms with van der Waals surface area (Å²) in [6.45, 7) is 7.58. The zero-order chi connectivity index (χ0) is 18.9. The topological polar surface area (TPSA) is 73.5 Å². The second kappa shape index (κ2) is 10.3. The Morgan fingerprint density at radius 3 is 2.31 bits per heavy atom. The molecule has 0 aliphatic rings. The number of rotatable bonds is 8. The molecule has 6 nitrogen and oxygen atoms in total. The predicted octanol–water partition coefficient (Wildman–Crippen LogP) is 4.23. The van der Waals surface area contributed by atoms with Crippen LogP contribution in [0.15, 0.2) is 39.5 Å². The van der Waals surface area contributed by atoms with Crippen molar-refractivity contribution in [3.05, 3.63) is 45.1 Å². The Hall–Kier alpha value is -1.90. The first kappa shape index (κ1) is 20.4. The van der Waals surface area contributed by atoms with Gasteiger partial charge in [-0.15, -0.1) is 11.3 Å². The molecule has 0 spiro atoms. The Morgan fingerprint density at radius 2 is 1.73 bits per heavy atom. The normalized spacial score (nSPS) is 10.6. The number of anilines is 2. The summed E-state index contributed by atoms with van der Waals surface area (Å²) in [5.41, 5.74) is 1.91. The molecule has 0 aliphatic heterocycles. The van der Waals surface area contributed by atoms with Crippen LogP contribution in [0.1, 0.15) is 24.2 Å². The van der Waals surface area contributed by atoms with Crippen LogP contribution in [0.4, 0.5) is 16.2 Å². The van der Waals surface area contributed by atoms with E-state index in [0.717, 1.165) is 29.1 Å². The number of hydrogen-bond donors (Lipinski definition) is 3. The van der Waals surface area contributed by atoms with Gasteiger partial charge >= 0.3 is 6.03 Å². The van der Waals surface area contributed by atoms with E-state index in [0.29, 0.717) is 17.8 Å². The van der Waals surface area contributed by atoms with Crippen LogP contribution in [0.5, 0.6) is 0 Å². The molecule has 0 saturated heterocycles. The zero-order valence-electron chi connectivity index (χ0n) is 14.8. The van der Waals surface area contributed by atoms with E-state index in [-0.39, 0.29) is 11.9 Å². The van der Waals surface area contributed by atoms with Gasteiger partial charge in [-0.05, 0) is 59.4 Å².